The minimum absolute atomic E-state index is 0.223. The monoisotopic (exact) mass is 242 g/mol. The molecule has 0 radical (unpaired) electrons. The average molecular weight is 242 g/mol. The zero-order chi connectivity index (χ0) is 13.1. The van der Waals surface area contributed by atoms with Crippen LogP contribution in [0.5, 0.6) is 0 Å². The van der Waals surface area contributed by atoms with Gasteiger partial charge in [-0.1, -0.05) is 0 Å². The summed E-state index contributed by atoms with van der Waals surface area (Å²) in [4.78, 5) is 0. The second-order valence-electron chi connectivity index (χ2n) is 6.85. The molecule has 0 bridgehead atoms. The summed E-state index contributed by atoms with van der Waals surface area (Å²) in [7, 11) is 1.77. The Kier molecular flexibility index (Phi) is 4.99. The molecule has 0 spiro atoms. The van der Waals surface area contributed by atoms with Crippen molar-refractivity contribution in [2.75, 3.05) is 13.7 Å². The quantitative estimate of drug-likeness (QED) is 0.776. The van der Waals surface area contributed by atoms with E-state index in [9.17, 15) is 0 Å². The fourth-order valence-electron chi connectivity index (χ4n) is 3.22. The highest BCUT2D eigenvalue weighted by Gasteiger charge is 2.37. The maximum atomic E-state index is 5.13. The SMILES string of the molecule is COCCC(C)NC1CC(C)(C)NC(C)(C)C1. The minimum atomic E-state index is 0.223. The second-order valence-corrected chi connectivity index (χ2v) is 6.85. The number of ether oxygens (including phenoxy) is 1. The lowest BCUT2D eigenvalue weighted by atomic mass is 9.79. The molecule has 0 aliphatic carbocycles. The Labute approximate surface area is 107 Å². The first-order valence-electron chi connectivity index (χ1n) is 6.78. The van der Waals surface area contributed by atoms with Crippen LogP contribution in [-0.2, 0) is 4.74 Å². The molecule has 1 atom stereocenters. The van der Waals surface area contributed by atoms with Gasteiger partial charge in [-0.2, -0.15) is 0 Å². The van der Waals surface area contributed by atoms with Gasteiger partial charge in [-0.3, -0.25) is 0 Å². The van der Waals surface area contributed by atoms with Crippen molar-refractivity contribution in [2.45, 2.75) is 77.0 Å². The molecule has 1 fully saturated rings. The molecule has 3 heteroatoms. The van der Waals surface area contributed by atoms with E-state index in [1.54, 1.807) is 7.11 Å². The lowest BCUT2D eigenvalue weighted by Gasteiger charge is -2.47. The maximum absolute atomic E-state index is 5.13. The van der Waals surface area contributed by atoms with Crippen LogP contribution in [0.3, 0.4) is 0 Å². The van der Waals surface area contributed by atoms with E-state index in [0.29, 0.717) is 12.1 Å². The van der Waals surface area contributed by atoms with Crippen molar-refractivity contribution in [2.24, 2.45) is 0 Å². The lowest BCUT2D eigenvalue weighted by Crippen LogP contribution is -2.62. The third-order valence-electron chi connectivity index (χ3n) is 3.47. The van der Waals surface area contributed by atoms with E-state index in [1.807, 2.05) is 0 Å². The van der Waals surface area contributed by atoms with Gasteiger partial charge in [0.1, 0.15) is 0 Å². The van der Waals surface area contributed by atoms with Crippen molar-refractivity contribution in [1.29, 1.82) is 0 Å². The number of methoxy groups -OCH3 is 1. The van der Waals surface area contributed by atoms with Gasteiger partial charge in [0.05, 0.1) is 0 Å². The van der Waals surface area contributed by atoms with Crippen molar-refractivity contribution in [3.63, 3.8) is 0 Å². The van der Waals surface area contributed by atoms with Crippen molar-refractivity contribution in [1.82, 2.24) is 10.6 Å². The summed E-state index contributed by atoms with van der Waals surface area (Å²) in [6.07, 6.45) is 3.46. The van der Waals surface area contributed by atoms with Crippen LogP contribution in [-0.4, -0.2) is 36.9 Å². The summed E-state index contributed by atoms with van der Waals surface area (Å²) in [5.41, 5.74) is 0.445. The predicted octanol–water partition coefficient (Wildman–Crippen LogP) is 2.31. The summed E-state index contributed by atoms with van der Waals surface area (Å²) < 4.78 is 5.13. The molecule has 1 rings (SSSR count). The molecule has 1 aliphatic rings. The third kappa shape index (κ3) is 5.36. The fraction of sp³-hybridized carbons (Fsp3) is 1.00. The first-order valence-corrected chi connectivity index (χ1v) is 6.78. The van der Waals surface area contributed by atoms with Gasteiger partial charge in [0.25, 0.3) is 0 Å². The van der Waals surface area contributed by atoms with Gasteiger partial charge < -0.3 is 15.4 Å². The summed E-state index contributed by atoms with van der Waals surface area (Å²) >= 11 is 0. The van der Waals surface area contributed by atoms with Crippen LogP contribution in [0.1, 0.15) is 53.9 Å². The van der Waals surface area contributed by atoms with Gasteiger partial charge in [0.2, 0.25) is 0 Å². The Morgan fingerprint density at radius 3 is 2.24 bits per heavy atom. The lowest BCUT2D eigenvalue weighted by molar-refractivity contribution is 0.132. The van der Waals surface area contributed by atoms with Crippen LogP contribution in [0.15, 0.2) is 0 Å². The van der Waals surface area contributed by atoms with E-state index in [0.717, 1.165) is 13.0 Å². The van der Waals surface area contributed by atoms with E-state index in [2.05, 4.69) is 45.3 Å². The molecule has 102 valence electrons. The molecule has 0 amide bonds. The molecule has 1 aliphatic heterocycles. The number of hydrogen-bond donors (Lipinski definition) is 2. The highest BCUT2D eigenvalue weighted by molar-refractivity contribution is 4.99. The van der Waals surface area contributed by atoms with Gasteiger partial charge in [0, 0.05) is 36.9 Å². The van der Waals surface area contributed by atoms with E-state index in [4.69, 9.17) is 4.74 Å². The van der Waals surface area contributed by atoms with Crippen molar-refractivity contribution >= 4 is 0 Å². The zero-order valence-corrected chi connectivity index (χ0v) is 12.4. The Balaban J connectivity index is 2.47. The Hall–Kier alpha value is -0.120. The van der Waals surface area contributed by atoms with Crippen molar-refractivity contribution in [3.05, 3.63) is 0 Å². The zero-order valence-electron chi connectivity index (χ0n) is 12.4. The Morgan fingerprint density at radius 1 is 1.24 bits per heavy atom. The molecule has 0 aromatic rings. The summed E-state index contributed by atoms with van der Waals surface area (Å²) in [5.74, 6) is 0. The van der Waals surface area contributed by atoms with Crippen LogP contribution in [0, 0.1) is 0 Å². The van der Waals surface area contributed by atoms with Gasteiger partial charge in [-0.25, -0.2) is 0 Å². The summed E-state index contributed by atoms with van der Waals surface area (Å²) in [6, 6.07) is 1.14. The highest BCUT2D eigenvalue weighted by atomic mass is 16.5. The third-order valence-corrected chi connectivity index (χ3v) is 3.47. The predicted molar refractivity (Wildman–Crippen MR) is 73.4 cm³/mol. The number of hydrogen-bond acceptors (Lipinski definition) is 3. The van der Waals surface area contributed by atoms with E-state index in [-0.39, 0.29) is 11.1 Å². The van der Waals surface area contributed by atoms with Crippen LogP contribution in [0.4, 0.5) is 0 Å². The molecule has 0 aromatic carbocycles. The number of nitrogens with one attached hydrogen (secondary N) is 2. The minimum Gasteiger partial charge on any atom is -0.385 e. The Bertz CT molecular complexity index is 222. The molecule has 17 heavy (non-hydrogen) atoms. The standard InChI is InChI=1S/C14H30N2O/c1-11(7-8-17-6)15-12-9-13(2,3)16-14(4,5)10-12/h11-12,15-16H,7-10H2,1-6H3. The molecule has 1 unspecified atom stereocenters. The van der Waals surface area contributed by atoms with Crippen LogP contribution in [0.25, 0.3) is 0 Å². The van der Waals surface area contributed by atoms with Crippen LogP contribution < -0.4 is 10.6 Å². The summed E-state index contributed by atoms with van der Waals surface area (Å²) in [5, 5.41) is 7.46. The summed E-state index contributed by atoms with van der Waals surface area (Å²) in [6.45, 7) is 12.3. The molecule has 0 saturated carbocycles. The first kappa shape index (κ1) is 14.9. The van der Waals surface area contributed by atoms with Gasteiger partial charge in [-0.05, 0) is 53.9 Å². The molecule has 3 nitrogen and oxygen atoms in total. The fourth-order valence-corrected chi connectivity index (χ4v) is 3.22. The Morgan fingerprint density at radius 2 is 1.76 bits per heavy atom. The topological polar surface area (TPSA) is 33.3 Å². The molecule has 1 heterocycles. The molecular formula is C14H30N2O. The highest BCUT2D eigenvalue weighted by Crippen LogP contribution is 2.28. The molecule has 1 saturated heterocycles. The first-order chi connectivity index (χ1) is 7.74. The van der Waals surface area contributed by atoms with Crippen molar-refractivity contribution < 1.29 is 4.74 Å². The average Bonchev–Trinajstić information content (AvgIpc) is 2.09. The van der Waals surface area contributed by atoms with Gasteiger partial charge >= 0.3 is 0 Å². The van der Waals surface area contributed by atoms with E-state index in [1.165, 1.54) is 12.8 Å². The van der Waals surface area contributed by atoms with Crippen LogP contribution >= 0.6 is 0 Å². The van der Waals surface area contributed by atoms with Crippen molar-refractivity contribution in [3.8, 4) is 0 Å². The number of piperidine rings is 1. The van der Waals surface area contributed by atoms with E-state index < -0.39 is 0 Å². The normalized spacial score (nSPS) is 25.8. The van der Waals surface area contributed by atoms with Gasteiger partial charge in [-0.15, -0.1) is 0 Å². The molecular weight excluding hydrogens is 212 g/mol. The second kappa shape index (κ2) is 5.68. The molecule has 2 N–H and O–H groups in total. The largest absolute Gasteiger partial charge is 0.385 e. The maximum Gasteiger partial charge on any atom is 0.0476 e. The van der Waals surface area contributed by atoms with Gasteiger partial charge in [0.15, 0.2) is 0 Å². The number of rotatable bonds is 5. The van der Waals surface area contributed by atoms with Crippen LogP contribution in [0.2, 0.25) is 0 Å². The van der Waals surface area contributed by atoms with E-state index >= 15 is 0 Å². The molecule has 0 aromatic heterocycles. The smallest absolute Gasteiger partial charge is 0.0476 e.